The summed E-state index contributed by atoms with van der Waals surface area (Å²) in [5, 5.41) is 0. The maximum Gasteiger partial charge on any atom is 0.335 e. The normalized spacial score (nSPS) is 29.6. The van der Waals surface area contributed by atoms with E-state index in [1.54, 1.807) is 7.11 Å². The van der Waals surface area contributed by atoms with Gasteiger partial charge in [0.2, 0.25) is 0 Å². The van der Waals surface area contributed by atoms with E-state index in [2.05, 4.69) is 33.4 Å². The standard InChI is InChI=1S/C23H34O5/c1-15(2)18-9-10-23(13-28-14-26-5,21(18)22(25)27-6)11-20-16(3)7-8-19(20)17(4)12-24/h9-10,12,15-16,19-20H,4,7-8,11,13-14H2,1-3,5-6H3/t16-,19+,20-,23+/m1/s1. The quantitative estimate of drug-likeness (QED) is 0.185. The van der Waals surface area contributed by atoms with Gasteiger partial charge in [-0.15, -0.1) is 0 Å². The van der Waals surface area contributed by atoms with Crippen molar-refractivity contribution in [1.29, 1.82) is 0 Å². The molecule has 0 spiro atoms. The highest BCUT2D eigenvalue weighted by Gasteiger charge is 2.47. The first-order valence-electron chi connectivity index (χ1n) is 10.0. The van der Waals surface area contributed by atoms with Gasteiger partial charge in [-0.3, -0.25) is 4.79 Å². The van der Waals surface area contributed by atoms with E-state index in [0.717, 1.165) is 24.7 Å². The molecule has 0 N–H and O–H groups in total. The van der Waals surface area contributed by atoms with E-state index in [1.165, 1.54) is 7.11 Å². The molecule has 0 heterocycles. The van der Waals surface area contributed by atoms with Gasteiger partial charge in [0.1, 0.15) is 13.1 Å². The van der Waals surface area contributed by atoms with Crippen LogP contribution in [0, 0.1) is 29.1 Å². The number of hydrogen-bond acceptors (Lipinski definition) is 5. The number of carbonyl (C=O) groups excluding carboxylic acids is 2. The number of methoxy groups -OCH3 is 2. The van der Waals surface area contributed by atoms with Crippen LogP contribution in [0.4, 0.5) is 0 Å². The van der Waals surface area contributed by atoms with Gasteiger partial charge >= 0.3 is 5.97 Å². The number of allylic oxidation sites excluding steroid dienone is 3. The van der Waals surface area contributed by atoms with Gasteiger partial charge in [-0.25, -0.2) is 4.79 Å². The van der Waals surface area contributed by atoms with Crippen LogP contribution in [0.15, 0.2) is 35.5 Å². The highest BCUT2D eigenvalue weighted by atomic mass is 16.7. The van der Waals surface area contributed by atoms with E-state index in [9.17, 15) is 9.59 Å². The third kappa shape index (κ3) is 4.47. The molecule has 0 aromatic heterocycles. The van der Waals surface area contributed by atoms with Crippen molar-refractivity contribution in [2.75, 3.05) is 27.6 Å². The molecule has 0 saturated heterocycles. The Morgan fingerprint density at radius 1 is 1.36 bits per heavy atom. The lowest BCUT2D eigenvalue weighted by Crippen LogP contribution is -2.35. The summed E-state index contributed by atoms with van der Waals surface area (Å²) in [6.07, 6.45) is 7.73. The lowest BCUT2D eigenvalue weighted by molar-refractivity contribution is -0.138. The maximum atomic E-state index is 12.8. The zero-order valence-corrected chi connectivity index (χ0v) is 17.8. The van der Waals surface area contributed by atoms with Crippen LogP contribution in [0.5, 0.6) is 0 Å². The van der Waals surface area contributed by atoms with Crippen molar-refractivity contribution in [3.8, 4) is 0 Å². The van der Waals surface area contributed by atoms with Gasteiger partial charge in [-0.2, -0.15) is 0 Å². The number of hydrogen-bond donors (Lipinski definition) is 0. The van der Waals surface area contributed by atoms with Crippen LogP contribution in [0.1, 0.15) is 40.0 Å². The van der Waals surface area contributed by atoms with E-state index in [1.807, 2.05) is 6.08 Å². The Morgan fingerprint density at radius 3 is 2.64 bits per heavy atom. The van der Waals surface area contributed by atoms with Gasteiger partial charge in [0.05, 0.1) is 19.3 Å². The molecule has 2 aliphatic rings. The van der Waals surface area contributed by atoms with Crippen LogP contribution in [0.25, 0.3) is 0 Å². The third-order valence-electron chi connectivity index (χ3n) is 6.35. The summed E-state index contributed by atoms with van der Waals surface area (Å²) in [6.45, 7) is 10.8. The summed E-state index contributed by atoms with van der Waals surface area (Å²) < 4.78 is 16.0. The minimum atomic E-state index is -0.587. The van der Waals surface area contributed by atoms with Gasteiger partial charge in [0.25, 0.3) is 0 Å². The number of esters is 1. The van der Waals surface area contributed by atoms with Crippen molar-refractivity contribution in [3.63, 3.8) is 0 Å². The first kappa shape index (κ1) is 22.6. The van der Waals surface area contributed by atoms with E-state index >= 15 is 0 Å². The molecule has 0 bridgehead atoms. The van der Waals surface area contributed by atoms with Gasteiger partial charge < -0.3 is 14.2 Å². The lowest BCUT2D eigenvalue weighted by Gasteiger charge is -2.36. The fourth-order valence-electron chi connectivity index (χ4n) is 4.84. The van der Waals surface area contributed by atoms with Crippen molar-refractivity contribution in [3.05, 3.63) is 35.5 Å². The molecule has 0 aromatic rings. The average Bonchev–Trinajstić information content (AvgIpc) is 3.22. The molecular formula is C23H34O5. The molecule has 5 heteroatoms. The SMILES string of the molecule is C=C(C=O)[C@@H]1CC[C@@H](C)[C@H]1C[C@]1(COCOC)C=CC(C(C)C)=C1C(=O)OC. The molecule has 0 aliphatic heterocycles. The Hall–Kier alpha value is -1.72. The molecule has 0 aromatic carbocycles. The molecule has 4 atom stereocenters. The van der Waals surface area contributed by atoms with E-state index in [0.29, 0.717) is 30.1 Å². The second kappa shape index (κ2) is 9.66. The Labute approximate surface area is 168 Å². The van der Waals surface area contributed by atoms with Crippen molar-refractivity contribution in [2.45, 2.75) is 40.0 Å². The van der Waals surface area contributed by atoms with Gasteiger partial charge in [0, 0.05) is 12.5 Å². The van der Waals surface area contributed by atoms with Crippen molar-refractivity contribution >= 4 is 12.3 Å². The lowest BCUT2D eigenvalue weighted by atomic mass is 9.69. The van der Waals surface area contributed by atoms with Crippen LogP contribution in [-0.2, 0) is 23.8 Å². The summed E-state index contributed by atoms with van der Waals surface area (Å²) in [6, 6.07) is 0. The van der Waals surface area contributed by atoms with Crippen LogP contribution in [-0.4, -0.2) is 39.9 Å². The fraction of sp³-hybridized carbons (Fsp3) is 0.652. The Morgan fingerprint density at radius 2 is 2.07 bits per heavy atom. The molecule has 2 aliphatic carbocycles. The second-order valence-corrected chi connectivity index (χ2v) is 8.44. The molecule has 156 valence electrons. The predicted molar refractivity (Wildman–Crippen MR) is 108 cm³/mol. The van der Waals surface area contributed by atoms with Crippen LogP contribution in [0.2, 0.25) is 0 Å². The van der Waals surface area contributed by atoms with Crippen molar-refractivity contribution in [1.82, 2.24) is 0 Å². The molecule has 28 heavy (non-hydrogen) atoms. The van der Waals surface area contributed by atoms with E-state index in [-0.39, 0.29) is 30.5 Å². The smallest absolute Gasteiger partial charge is 0.335 e. The number of rotatable bonds is 10. The number of aldehydes is 1. The zero-order chi connectivity index (χ0) is 20.9. The first-order chi connectivity index (χ1) is 13.3. The van der Waals surface area contributed by atoms with Crippen LogP contribution >= 0.6 is 0 Å². The van der Waals surface area contributed by atoms with Gasteiger partial charge in [0.15, 0.2) is 0 Å². The highest BCUT2D eigenvalue weighted by molar-refractivity contribution is 5.93. The molecule has 0 amide bonds. The molecule has 1 fully saturated rings. The predicted octanol–water partition coefficient (Wildman–Crippen LogP) is 4.10. The molecule has 2 rings (SSSR count). The monoisotopic (exact) mass is 390 g/mol. The highest BCUT2D eigenvalue weighted by Crippen LogP contribution is 2.52. The summed E-state index contributed by atoms with van der Waals surface area (Å²) in [5.74, 6) is 0.709. The summed E-state index contributed by atoms with van der Waals surface area (Å²) in [4.78, 5) is 24.2. The molecular weight excluding hydrogens is 356 g/mol. The molecule has 0 unspecified atom stereocenters. The number of ether oxygens (including phenoxy) is 3. The summed E-state index contributed by atoms with van der Waals surface area (Å²) >= 11 is 0. The average molecular weight is 391 g/mol. The fourth-order valence-corrected chi connectivity index (χ4v) is 4.84. The summed E-state index contributed by atoms with van der Waals surface area (Å²) in [5.41, 5.74) is 1.73. The second-order valence-electron chi connectivity index (χ2n) is 8.44. The molecule has 0 radical (unpaired) electrons. The molecule has 5 nitrogen and oxygen atoms in total. The number of carbonyl (C=O) groups is 2. The summed E-state index contributed by atoms with van der Waals surface area (Å²) in [7, 11) is 3.00. The minimum Gasteiger partial charge on any atom is -0.466 e. The zero-order valence-electron chi connectivity index (χ0n) is 17.8. The maximum absolute atomic E-state index is 12.8. The van der Waals surface area contributed by atoms with Crippen LogP contribution in [0.3, 0.4) is 0 Å². The molecule has 1 saturated carbocycles. The van der Waals surface area contributed by atoms with Gasteiger partial charge in [-0.05, 0) is 54.1 Å². The Balaban J connectivity index is 2.46. The van der Waals surface area contributed by atoms with Crippen molar-refractivity contribution < 1.29 is 23.8 Å². The van der Waals surface area contributed by atoms with Crippen molar-refractivity contribution in [2.24, 2.45) is 29.1 Å². The first-order valence-corrected chi connectivity index (χ1v) is 10.0. The van der Waals surface area contributed by atoms with E-state index < -0.39 is 5.41 Å². The Kier molecular flexibility index (Phi) is 7.79. The topological polar surface area (TPSA) is 61.8 Å². The third-order valence-corrected chi connectivity index (χ3v) is 6.35. The van der Waals surface area contributed by atoms with Gasteiger partial charge in [-0.1, -0.05) is 39.5 Å². The Bertz CT molecular complexity index is 660. The van der Waals surface area contributed by atoms with Crippen LogP contribution < -0.4 is 0 Å². The largest absolute Gasteiger partial charge is 0.466 e. The van der Waals surface area contributed by atoms with E-state index in [4.69, 9.17) is 14.2 Å². The minimum absolute atomic E-state index is 0.141.